The fourth-order valence-corrected chi connectivity index (χ4v) is 4.61. The second-order valence-corrected chi connectivity index (χ2v) is 9.31. The first kappa shape index (κ1) is 27.3. The Kier molecular flexibility index (Phi) is 7.81. The van der Waals surface area contributed by atoms with Gasteiger partial charge >= 0.3 is 0 Å². The van der Waals surface area contributed by atoms with Gasteiger partial charge in [-0.1, -0.05) is 17.7 Å². The van der Waals surface area contributed by atoms with Crippen molar-refractivity contribution >= 4 is 39.4 Å². The van der Waals surface area contributed by atoms with E-state index in [1.165, 1.54) is 30.6 Å². The van der Waals surface area contributed by atoms with Crippen LogP contribution in [0.3, 0.4) is 0 Å². The maximum absolute atomic E-state index is 13.1. The van der Waals surface area contributed by atoms with Crippen LogP contribution in [0.15, 0.2) is 42.7 Å². The molecule has 40 heavy (non-hydrogen) atoms. The molecule has 14 heteroatoms. The number of aromatic amines is 1. The zero-order valence-corrected chi connectivity index (χ0v) is 21.4. The molecule has 0 bridgehead atoms. The van der Waals surface area contributed by atoms with Gasteiger partial charge in [-0.2, -0.15) is 15.5 Å². The lowest BCUT2D eigenvalue weighted by molar-refractivity contribution is -0.0370. The van der Waals surface area contributed by atoms with Gasteiger partial charge in [0.05, 0.1) is 23.7 Å². The molecule has 1 saturated heterocycles. The molecule has 0 saturated carbocycles. The van der Waals surface area contributed by atoms with Crippen molar-refractivity contribution in [2.75, 3.05) is 12.3 Å². The number of nitrogen functional groups attached to an aromatic ring is 1. The van der Waals surface area contributed by atoms with Crippen LogP contribution in [0, 0.1) is 11.3 Å². The largest absolute Gasteiger partial charge is 0.398 e. The van der Waals surface area contributed by atoms with Crippen LogP contribution >= 0.6 is 11.6 Å². The molecule has 0 amide bonds. The van der Waals surface area contributed by atoms with Gasteiger partial charge in [-0.05, 0) is 43.5 Å². The Morgan fingerprint density at radius 1 is 1.05 bits per heavy atom. The second kappa shape index (κ2) is 11.4. The van der Waals surface area contributed by atoms with E-state index in [0.29, 0.717) is 34.6 Å². The monoisotopic (exact) mass is 572 g/mol. The number of fused-ring (bicyclic) bond motifs is 2. The Bertz CT molecular complexity index is 1710. The first-order valence-corrected chi connectivity index (χ1v) is 12.5. The molecule has 5 heterocycles. The van der Waals surface area contributed by atoms with Crippen LogP contribution in [-0.2, 0) is 4.74 Å². The quantitative estimate of drug-likeness (QED) is 0.138. The number of benzene rings is 1. The van der Waals surface area contributed by atoms with Gasteiger partial charge < -0.3 is 10.5 Å². The van der Waals surface area contributed by atoms with Crippen LogP contribution < -0.4 is 5.73 Å². The lowest BCUT2D eigenvalue weighted by Crippen LogP contribution is -2.19. The Balaban J connectivity index is 0.000000162. The third-order valence-corrected chi connectivity index (χ3v) is 6.58. The van der Waals surface area contributed by atoms with Crippen LogP contribution in [0.2, 0.25) is 5.15 Å². The molecule has 1 aliphatic rings. The Morgan fingerprint density at radius 3 is 2.52 bits per heavy atom. The molecule has 0 spiro atoms. The summed E-state index contributed by atoms with van der Waals surface area (Å²) in [5.41, 5.74) is 7.47. The topological polar surface area (TPSA) is 131 Å². The predicted molar refractivity (Wildman–Crippen MR) is 140 cm³/mol. The van der Waals surface area contributed by atoms with E-state index in [1.807, 2.05) is 6.07 Å². The summed E-state index contributed by atoms with van der Waals surface area (Å²) in [5, 5.41) is 20.1. The zero-order valence-electron chi connectivity index (χ0n) is 20.7. The van der Waals surface area contributed by atoms with Gasteiger partial charge in [0, 0.05) is 39.8 Å². The first-order valence-electron chi connectivity index (χ1n) is 12.1. The molecule has 5 aromatic rings. The van der Waals surface area contributed by atoms with Crippen molar-refractivity contribution in [1.82, 2.24) is 29.9 Å². The summed E-state index contributed by atoms with van der Waals surface area (Å²) in [6, 6.07) is 9.15. The van der Waals surface area contributed by atoms with Crippen molar-refractivity contribution in [2.24, 2.45) is 0 Å². The van der Waals surface area contributed by atoms with Crippen LogP contribution in [0.5, 0.6) is 0 Å². The van der Waals surface area contributed by atoms with Gasteiger partial charge in [0.25, 0.3) is 12.9 Å². The number of nitrogens with two attached hydrogens (primary N) is 1. The van der Waals surface area contributed by atoms with Gasteiger partial charge in [0.2, 0.25) is 0 Å². The lowest BCUT2D eigenvalue weighted by atomic mass is 10.0. The molecule has 0 radical (unpaired) electrons. The first-order chi connectivity index (χ1) is 19.3. The lowest BCUT2D eigenvalue weighted by Gasteiger charge is -2.23. The maximum atomic E-state index is 13.1. The number of aromatic nitrogens is 6. The van der Waals surface area contributed by atoms with Gasteiger partial charge in [0.15, 0.2) is 17.5 Å². The molecule has 4 aromatic heterocycles. The molecule has 9 nitrogen and oxygen atoms in total. The van der Waals surface area contributed by atoms with Crippen molar-refractivity contribution in [3.8, 4) is 17.3 Å². The minimum Gasteiger partial charge on any atom is -0.398 e. The van der Waals surface area contributed by atoms with E-state index in [4.69, 9.17) is 27.3 Å². The van der Waals surface area contributed by atoms with Crippen LogP contribution in [0.25, 0.3) is 33.3 Å². The molecule has 1 fully saturated rings. The molecule has 206 valence electrons. The fourth-order valence-electron chi connectivity index (χ4n) is 4.41. The van der Waals surface area contributed by atoms with Gasteiger partial charge in [0.1, 0.15) is 11.2 Å². The molecule has 1 atom stereocenters. The van der Waals surface area contributed by atoms with E-state index in [0.717, 1.165) is 19.3 Å². The minimum atomic E-state index is -2.64. The number of anilines is 1. The SMILES string of the molecule is FC(F)c1cc(Cl)nc2c1cnn2C1CCCCO1.N#Cc1cc(-c2cc(C(F)F)c3cn[nH]c3n2)ccc1N. The molecule has 6 rings (SSSR count). The molecule has 1 aliphatic heterocycles. The van der Waals surface area contributed by atoms with E-state index in [-0.39, 0.29) is 39.1 Å². The number of ether oxygens (including phenoxy) is 1. The normalized spacial score (nSPS) is 15.4. The molecule has 0 aliphatic carbocycles. The number of alkyl halides is 4. The van der Waals surface area contributed by atoms with Gasteiger partial charge in [-0.25, -0.2) is 32.2 Å². The van der Waals surface area contributed by atoms with Crippen LogP contribution in [0.1, 0.15) is 55.0 Å². The Labute approximate surface area is 229 Å². The zero-order chi connectivity index (χ0) is 28.4. The number of halogens is 5. The number of hydrogen-bond donors (Lipinski definition) is 2. The number of hydrogen-bond acceptors (Lipinski definition) is 7. The highest BCUT2D eigenvalue weighted by Gasteiger charge is 2.23. The highest BCUT2D eigenvalue weighted by Crippen LogP contribution is 2.33. The van der Waals surface area contributed by atoms with Gasteiger partial charge in [-0.3, -0.25) is 5.10 Å². The Hall–Kier alpha value is -4.28. The number of nitrogens with one attached hydrogen (secondary N) is 1. The number of nitriles is 1. The van der Waals surface area contributed by atoms with Crippen molar-refractivity contribution in [2.45, 2.75) is 38.3 Å². The standard InChI is InChI=1S/C14H9F2N5.C12H12ClF2N3O/c15-13(16)9-4-12(20-14-10(9)6-19-21-14)7-1-2-11(18)8(3-7)5-17;13-9-5-7(11(14)15)8-6-16-18(12(8)17-9)10-3-1-2-4-19-10/h1-4,6,13H,18H2,(H,19,20,21);5-6,10-11H,1-4H2. The van der Waals surface area contributed by atoms with Crippen LogP contribution in [0.4, 0.5) is 23.2 Å². The van der Waals surface area contributed by atoms with Crippen molar-refractivity contribution in [3.05, 3.63) is 64.6 Å². The molecule has 1 unspecified atom stereocenters. The average Bonchev–Trinajstić information content (AvgIpc) is 3.60. The second-order valence-electron chi connectivity index (χ2n) is 8.93. The number of H-pyrrole nitrogens is 1. The van der Waals surface area contributed by atoms with E-state index >= 15 is 0 Å². The minimum absolute atomic E-state index is 0.0420. The highest BCUT2D eigenvalue weighted by atomic mass is 35.5. The molecule has 3 N–H and O–H groups in total. The third-order valence-electron chi connectivity index (χ3n) is 6.39. The summed E-state index contributed by atoms with van der Waals surface area (Å²) in [6.45, 7) is 0.647. The molecular weight excluding hydrogens is 552 g/mol. The summed E-state index contributed by atoms with van der Waals surface area (Å²) >= 11 is 5.81. The Morgan fingerprint density at radius 2 is 1.82 bits per heavy atom. The number of rotatable bonds is 4. The average molecular weight is 573 g/mol. The van der Waals surface area contributed by atoms with Crippen molar-refractivity contribution in [1.29, 1.82) is 5.26 Å². The third kappa shape index (κ3) is 5.41. The van der Waals surface area contributed by atoms with E-state index in [1.54, 1.807) is 16.8 Å². The predicted octanol–water partition coefficient (Wildman–Crippen LogP) is 6.74. The van der Waals surface area contributed by atoms with E-state index in [9.17, 15) is 17.6 Å². The maximum Gasteiger partial charge on any atom is 0.264 e. The summed E-state index contributed by atoms with van der Waals surface area (Å²) in [5.74, 6) is 0. The summed E-state index contributed by atoms with van der Waals surface area (Å²) < 4.78 is 59.4. The van der Waals surface area contributed by atoms with Crippen molar-refractivity contribution in [3.63, 3.8) is 0 Å². The highest BCUT2D eigenvalue weighted by molar-refractivity contribution is 6.29. The number of nitrogens with zero attached hydrogens (tertiary/aromatic N) is 6. The summed E-state index contributed by atoms with van der Waals surface area (Å²) in [6.07, 6.45) is 0.0527. The molecular formula is C26H21ClF4N8O. The number of pyridine rings is 2. The van der Waals surface area contributed by atoms with E-state index < -0.39 is 12.9 Å². The van der Waals surface area contributed by atoms with Crippen molar-refractivity contribution < 1.29 is 22.3 Å². The smallest absolute Gasteiger partial charge is 0.264 e. The summed E-state index contributed by atoms with van der Waals surface area (Å²) in [4.78, 5) is 8.36. The fraction of sp³-hybridized carbons (Fsp3) is 0.269. The summed E-state index contributed by atoms with van der Waals surface area (Å²) in [7, 11) is 0. The van der Waals surface area contributed by atoms with Gasteiger partial charge in [-0.15, -0.1) is 0 Å². The van der Waals surface area contributed by atoms with Crippen LogP contribution in [-0.4, -0.2) is 36.6 Å². The van der Waals surface area contributed by atoms with E-state index in [2.05, 4.69) is 25.3 Å². The molecule has 1 aromatic carbocycles.